The van der Waals surface area contributed by atoms with Crippen molar-refractivity contribution in [3.63, 3.8) is 0 Å². The third-order valence-electron chi connectivity index (χ3n) is 4.79. The summed E-state index contributed by atoms with van der Waals surface area (Å²) < 4.78 is 11.4. The number of methoxy groups -OCH3 is 1. The Balaban J connectivity index is 1.61. The first-order valence-corrected chi connectivity index (χ1v) is 7.77. The molecule has 110 valence electrons. The van der Waals surface area contributed by atoms with Gasteiger partial charge >= 0.3 is 0 Å². The van der Waals surface area contributed by atoms with Crippen LogP contribution in [0.4, 0.5) is 0 Å². The Morgan fingerprint density at radius 1 is 1.25 bits per heavy atom. The van der Waals surface area contributed by atoms with E-state index in [2.05, 4.69) is 29.6 Å². The van der Waals surface area contributed by atoms with Crippen molar-refractivity contribution in [3.8, 4) is 5.75 Å². The fraction of sp³-hybridized carbons (Fsp3) is 0.647. The maximum Gasteiger partial charge on any atom is 0.118 e. The van der Waals surface area contributed by atoms with E-state index >= 15 is 0 Å². The molecule has 3 rings (SSSR count). The first-order valence-electron chi connectivity index (χ1n) is 7.77. The van der Waals surface area contributed by atoms with Crippen molar-refractivity contribution >= 4 is 0 Å². The molecule has 0 bridgehead atoms. The Labute approximate surface area is 121 Å². The van der Waals surface area contributed by atoms with E-state index in [4.69, 9.17) is 9.47 Å². The van der Waals surface area contributed by atoms with E-state index in [1.54, 1.807) is 7.11 Å². The third kappa shape index (κ3) is 3.15. The summed E-state index contributed by atoms with van der Waals surface area (Å²) in [5.74, 6) is 1.70. The molecule has 1 N–H and O–H groups in total. The van der Waals surface area contributed by atoms with Crippen LogP contribution in [0.2, 0.25) is 0 Å². The average molecular weight is 275 g/mol. The van der Waals surface area contributed by atoms with Crippen LogP contribution in [0.25, 0.3) is 0 Å². The van der Waals surface area contributed by atoms with E-state index in [1.165, 1.54) is 37.7 Å². The smallest absolute Gasteiger partial charge is 0.118 e. The number of nitrogens with one attached hydrogen (secondary N) is 1. The second-order valence-electron chi connectivity index (χ2n) is 6.19. The highest BCUT2D eigenvalue weighted by Crippen LogP contribution is 2.37. The summed E-state index contributed by atoms with van der Waals surface area (Å²) in [4.78, 5) is 0. The van der Waals surface area contributed by atoms with Gasteiger partial charge in [0.25, 0.3) is 0 Å². The summed E-state index contributed by atoms with van der Waals surface area (Å²) in [6.45, 7) is 3.14. The molecule has 1 spiro atoms. The zero-order chi connectivity index (χ0) is 13.8. The van der Waals surface area contributed by atoms with E-state index in [0.29, 0.717) is 0 Å². The molecule has 3 heteroatoms. The molecule has 0 radical (unpaired) electrons. The maximum absolute atomic E-state index is 6.15. The lowest BCUT2D eigenvalue weighted by Gasteiger charge is -2.43. The van der Waals surface area contributed by atoms with Gasteiger partial charge in [-0.05, 0) is 68.8 Å². The number of hydrogen-bond acceptors (Lipinski definition) is 3. The van der Waals surface area contributed by atoms with Crippen molar-refractivity contribution < 1.29 is 9.47 Å². The number of hydrogen-bond donors (Lipinski definition) is 1. The predicted octanol–water partition coefficient (Wildman–Crippen LogP) is 2.79. The summed E-state index contributed by atoms with van der Waals surface area (Å²) in [5.41, 5.74) is 1.59. The van der Waals surface area contributed by atoms with Crippen molar-refractivity contribution in [1.82, 2.24) is 5.32 Å². The molecule has 2 fully saturated rings. The molecule has 1 unspecified atom stereocenters. The molecule has 2 aliphatic rings. The van der Waals surface area contributed by atoms with Crippen LogP contribution in [0, 0.1) is 5.92 Å². The minimum Gasteiger partial charge on any atom is -0.497 e. The highest BCUT2D eigenvalue weighted by molar-refractivity contribution is 5.27. The summed E-state index contributed by atoms with van der Waals surface area (Å²) in [7, 11) is 1.72. The molecular formula is C17H25NO2. The van der Waals surface area contributed by atoms with Crippen LogP contribution in [0.1, 0.15) is 31.2 Å². The standard InChI is InChI=1S/C17H25NO2/c1-19-16-4-2-14(3-5-16)12-15-6-11-20-17(13-15)7-9-18-10-8-17/h2-5,15,18H,6-13H2,1H3. The van der Waals surface area contributed by atoms with Crippen molar-refractivity contribution in [2.45, 2.75) is 37.7 Å². The maximum atomic E-state index is 6.15. The van der Waals surface area contributed by atoms with E-state index < -0.39 is 0 Å². The fourth-order valence-electron chi connectivity index (χ4n) is 3.63. The van der Waals surface area contributed by atoms with Crippen LogP contribution in [0.3, 0.4) is 0 Å². The number of ether oxygens (including phenoxy) is 2. The van der Waals surface area contributed by atoms with Gasteiger partial charge in [-0.3, -0.25) is 0 Å². The van der Waals surface area contributed by atoms with E-state index in [1.807, 2.05) is 0 Å². The first kappa shape index (κ1) is 13.9. The minimum absolute atomic E-state index is 0.167. The summed E-state index contributed by atoms with van der Waals surface area (Å²) in [6.07, 6.45) is 5.93. The van der Waals surface area contributed by atoms with Gasteiger partial charge in [0.1, 0.15) is 5.75 Å². The van der Waals surface area contributed by atoms with Gasteiger partial charge in [0.2, 0.25) is 0 Å². The Kier molecular flexibility index (Phi) is 4.27. The highest BCUT2D eigenvalue weighted by Gasteiger charge is 2.38. The number of benzene rings is 1. The van der Waals surface area contributed by atoms with E-state index in [-0.39, 0.29) is 5.60 Å². The Morgan fingerprint density at radius 2 is 2.00 bits per heavy atom. The van der Waals surface area contributed by atoms with Crippen LogP contribution in [0.5, 0.6) is 5.75 Å². The van der Waals surface area contributed by atoms with Crippen LogP contribution in [-0.2, 0) is 11.2 Å². The summed E-state index contributed by atoms with van der Waals surface area (Å²) >= 11 is 0. The van der Waals surface area contributed by atoms with Crippen LogP contribution in [-0.4, -0.2) is 32.4 Å². The lowest BCUT2D eigenvalue weighted by Crippen LogP contribution is -2.48. The van der Waals surface area contributed by atoms with Crippen LogP contribution in [0.15, 0.2) is 24.3 Å². The van der Waals surface area contributed by atoms with Crippen molar-refractivity contribution in [2.75, 3.05) is 26.8 Å². The monoisotopic (exact) mass is 275 g/mol. The molecule has 0 aromatic heterocycles. The van der Waals surface area contributed by atoms with Gasteiger partial charge in [-0.1, -0.05) is 12.1 Å². The fourth-order valence-corrected chi connectivity index (χ4v) is 3.63. The second-order valence-corrected chi connectivity index (χ2v) is 6.19. The molecule has 1 aromatic carbocycles. The molecule has 2 aliphatic heterocycles. The van der Waals surface area contributed by atoms with Gasteiger partial charge in [0.15, 0.2) is 0 Å². The minimum atomic E-state index is 0.167. The van der Waals surface area contributed by atoms with Gasteiger partial charge in [-0.2, -0.15) is 0 Å². The topological polar surface area (TPSA) is 30.5 Å². The van der Waals surface area contributed by atoms with Crippen molar-refractivity contribution in [1.29, 1.82) is 0 Å². The summed E-state index contributed by atoms with van der Waals surface area (Å²) in [6, 6.07) is 8.52. The van der Waals surface area contributed by atoms with Gasteiger partial charge in [-0.25, -0.2) is 0 Å². The quantitative estimate of drug-likeness (QED) is 0.920. The largest absolute Gasteiger partial charge is 0.497 e. The Hall–Kier alpha value is -1.06. The van der Waals surface area contributed by atoms with Crippen molar-refractivity contribution in [2.24, 2.45) is 5.92 Å². The van der Waals surface area contributed by atoms with Crippen LogP contribution >= 0.6 is 0 Å². The van der Waals surface area contributed by atoms with Gasteiger partial charge in [-0.15, -0.1) is 0 Å². The Morgan fingerprint density at radius 3 is 2.70 bits per heavy atom. The second kappa shape index (κ2) is 6.15. The molecule has 0 aliphatic carbocycles. The molecule has 1 aromatic rings. The summed E-state index contributed by atoms with van der Waals surface area (Å²) in [5, 5.41) is 3.44. The molecule has 2 heterocycles. The molecular weight excluding hydrogens is 250 g/mol. The third-order valence-corrected chi connectivity index (χ3v) is 4.79. The lowest BCUT2D eigenvalue weighted by molar-refractivity contribution is -0.113. The molecule has 2 saturated heterocycles. The first-order chi connectivity index (χ1) is 9.80. The predicted molar refractivity (Wildman–Crippen MR) is 80.2 cm³/mol. The zero-order valence-electron chi connectivity index (χ0n) is 12.4. The van der Waals surface area contributed by atoms with Crippen molar-refractivity contribution in [3.05, 3.63) is 29.8 Å². The lowest BCUT2D eigenvalue weighted by atomic mass is 9.78. The van der Waals surface area contributed by atoms with E-state index in [9.17, 15) is 0 Å². The normalized spacial score (nSPS) is 25.6. The van der Waals surface area contributed by atoms with Gasteiger partial charge in [0.05, 0.1) is 12.7 Å². The van der Waals surface area contributed by atoms with E-state index in [0.717, 1.165) is 31.4 Å². The zero-order valence-corrected chi connectivity index (χ0v) is 12.4. The molecule has 0 amide bonds. The van der Waals surface area contributed by atoms with Gasteiger partial charge in [0, 0.05) is 6.61 Å². The molecule has 3 nitrogen and oxygen atoms in total. The highest BCUT2D eigenvalue weighted by atomic mass is 16.5. The number of rotatable bonds is 3. The van der Waals surface area contributed by atoms with Gasteiger partial charge < -0.3 is 14.8 Å². The SMILES string of the molecule is COc1ccc(CC2CCOC3(CCNCC3)C2)cc1. The number of piperidine rings is 1. The molecule has 0 saturated carbocycles. The average Bonchev–Trinajstić information content (AvgIpc) is 2.49. The Bertz CT molecular complexity index is 418. The molecule has 20 heavy (non-hydrogen) atoms. The molecule has 1 atom stereocenters. The van der Waals surface area contributed by atoms with Crippen LogP contribution < -0.4 is 10.1 Å².